The largest absolute Gasteiger partial charge is 0.385 e. The van der Waals surface area contributed by atoms with Crippen LogP contribution in [0.4, 0.5) is 0 Å². The first-order valence-electron chi connectivity index (χ1n) is 10.2. The topological polar surface area (TPSA) is 61.6 Å². The fraction of sp³-hybridized carbons (Fsp3) is 0.800. The molecule has 1 atom stereocenters. The van der Waals surface area contributed by atoms with E-state index in [-0.39, 0.29) is 5.92 Å². The molecular weight excluding hydrogens is 328 g/mol. The summed E-state index contributed by atoms with van der Waals surface area (Å²) in [7, 11) is 1.91. The van der Waals surface area contributed by atoms with Crippen molar-refractivity contribution in [3.05, 3.63) is 18.2 Å². The van der Waals surface area contributed by atoms with E-state index in [1.807, 2.05) is 22.7 Å². The number of hydrogen-bond donors (Lipinski definition) is 1. The van der Waals surface area contributed by atoms with Gasteiger partial charge in [-0.3, -0.25) is 4.79 Å². The molecule has 2 aliphatic heterocycles. The standard InChI is InChI=1S/C20H34N4O2/c1-3-9-23-10-4-16(5-11-23)15-18(25)24-12-6-17(7-13-24)19(26)20-21-8-14-22(20)2/h8,14,16-17,19,26H,3-7,9-13,15H2,1-2H3/t19-/m1/s1. The number of carbonyl (C=O) groups excluding carboxylic acids is 1. The maximum absolute atomic E-state index is 12.7. The Morgan fingerprint density at radius 2 is 1.92 bits per heavy atom. The van der Waals surface area contributed by atoms with Gasteiger partial charge in [-0.1, -0.05) is 6.92 Å². The van der Waals surface area contributed by atoms with Crippen molar-refractivity contribution < 1.29 is 9.90 Å². The Kier molecular flexibility index (Phi) is 6.70. The number of carbonyl (C=O) groups is 1. The predicted octanol–water partition coefficient (Wildman–Crippen LogP) is 2.20. The number of piperidine rings is 2. The lowest BCUT2D eigenvalue weighted by molar-refractivity contribution is -0.134. The van der Waals surface area contributed by atoms with E-state index in [2.05, 4.69) is 16.8 Å². The lowest BCUT2D eigenvalue weighted by Crippen LogP contribution is -2.42. The Labute approximate surface area is 157 Å². The van der Waals surface area contributed by atoms with E-state index >= 15 is 0 Å². The molecular formula is C20H34N4O2. The zero-order valence-corrected chi connectivity index (χ0v) is 16.3. The first-order valence-corrected chi connectivity index (χ1v) is 10.2. The van der Waals surface area contributed by atoms with Crippen molar-refractivity contribution in [2.24, 2.45) is 18.9 Å². The molecule has 2 aliphatic rings. The van der Waals surface area contributed by atoms with E-state index in [9.17, 15) is 9.90 Å². The van der Waals surface area contributed by atoms with Gasteiger partial charge in [0.15, 0.2) is 0 Å². The van der Waals surface area contributed by atoms with Crippen molar-refractivity contribution in [2.45, 2.75) is 51.6 Å². The zero-order valence-electron chi connectivity index (χ0n) is 16.3. The molecule has 3 rings (SSSR count). The average molecular weight is 363 g/mol. The summed E-state index contributed by atoms with van der Waals surface area (Å²) in [5.74, 6) is 1.78. The number of amides is 1. The van der Waals surface area contributed by atoms with Crippen LogP contribution in [-0.2, 0) is 11.8 Å². The highest BCUT2D eigenvalue weighted by atomic mass is 16.3. The number of nitrogens with zero attached hydrogens (tertiary/aromatic N) is 4. The lowest BCUT2D eigenvalue weighted by atomic mass is 9.89. The fourth-order valence-electron chi connectivity index (χ4n) is 4.44. The van der Waals surface area contributed by atoms with Crippen LogP contribution >= 0.6 is 0 Å². The van der Waals surface area contributed by atoms with Crippen LogP contribution in [0.1, 0.15) is 57.4 Å². The van der Waals surface area contributed by atoms with Gasteiger partial charge in [0, 0.05) is 39.0 Å². The minimum atomic E-state index is -0.532. The molecule has 2 fully saturated rings. The number of rotatable bonds is 6. The van der Waals surface area contributed by atoms with Gasteiger partial charge in [-0.05, 0) is 63.6 Å². The van der Waals surface area contributed by atoms with Gasteiger partial charge in [0.05, 0.1) is 0 Å². The van der Waals surface area contributed by atoms with Crippen LogP contribution in [0.3, 0.4) is 0 Å². The summed E-state index contributed by atoms with van der Waals surface area (Å²) < 4.78 is 1.88. The van der Waals surface area contributed by atoms with Crippen LogP contribution in [0.25, 0.3) is 0 Å². The van der Waals surface area contributed by atoms with Crippen LogP contribution < -0.4 is 0 Å². The maximum Gasteiger partial charge on any atom is 0.222 e. The van der Waals surface area contributed by atoms with Gasteiger partial charge in [0.2, 0.25) is 5.91 Å². The summed E-state index contributed by atoms with van der Waals surface area (Å²) in [5.41, 5.74) is 0. The SMILES string of the molecule is CCCN1CCC(CC(=O)N2CCC([C@@H](O)c3nccn3C)CC2)CC1. The summed E-state index contributed by atoms with van der Waals surface area (Å²) in [6, 6.07) is 0. The Bertz CT molecular complexity index is 572. The molecule has 0 aromatic carbocycles. The van der Waals surface area contributed by atoms with Crippen molar-refractivity contribution >= 4 is 5.91 Å². The number of hydrogen-bond acceptors (Lipinski definition) is 4. The van der Waals surface area contributed by atoms with Crippen molar-refractivity contribution in [3.63, 3.8) is 0 Å². The van der Waals surface area contributed by atoms with E-state index in [4.69, 9.17) is 0 Å². The number of aliphatic hydroxyl groups is 1. The lowest BCUT2D eigenvalue weighted by Gasteiger charge is -2.36. The number of aromatic nitrogens is 2. The molecule has 0 spiro atoms. The average Bonchev–Trinajstić information content (AvgIpc) is 3.09. The molecule has 0 unspecified atom stereocenters. The molecule has 2 saturated heterocycles. The molecule has 0 radical (unpaired) electrons. The van der Waals surface area contributed by atoms with Crippen molar-refractivity contribution in [3.8, 4) is 0 Å². The molecule has 146 valence electrons. The highest BCUT2D eigenvalue weighted by molar-refractivity contribution is 5.76. The van der Waals surface area contributed by atoms with Crippen LogP contribution in [-0.4, -0.2) is 63.1 Å². The van der Waals surface area contributed by atoms with Gasteiger partial charge in [-0.15, -0.1) is 0 Å². The Balaban J connectivity index is 1.42. The van der Waals surface area contributed by atoms with Crippen LogP contribution in [0.2, 0.25) is 0 Å². The maximum atomic E-state index is 12.7. The van der Waals surface area contributed by atoms with Crippen LogP contribution in [0, 0.1) is 11.8 Å². The van der Waals surface area contributed by atoms with E-state index in [1.54, 1.807) is 6.20 Å². The third-order valence-electron chi connectivity index (χ3n) is 6.17. The second-order valence-electron chi connectivity index (χ2n) is 8.05. The van der Waals surface area contributed by atoms with Gasteiger partial charge >= 0.3 is 0 Å². The van der Waals surface area contributed by atoms with Crippen LogP contribution in [0.15, 0.2) is 12.4 Å². The molecule has 1 aromatic rings. The first kappa shape index (κ1) is 19.4. The Morgan fingerprint density at radius 1 is 1.23 bits per heavy atom. The van der Waals surface area contributed by atoms with Crippen molar-refractivity contribution in [1.82, 2.24) is 19.4 Å². The molecule has 6 nitrogen and oxygen atoms in total. The van der Waals surface area contributed by atoms with E-state index in [0.29, 0.717) is 18.2 Å². The third-order valence-corrected chi connectivity index (χ3v) is 6.17. The molecule has 0 aliphatic carbocycles. The van der Waals surface area contributed by atoms with Crippen molar-refractivity contribution in [1.29, 1.82) is 0 Å². The minimum Gasteiger partial charge on any atom is -0.385 e. The third kappa shape index (κ3) is 4.65. The van der Waals surface area contributed by atoms with Gasteiger partial charge in [0.1, 0.15) is 11.9 Å². The van der Waals surface area contributed by atoms with E-state index in [1.165, 1.54) is 13.0 Å². The molecule has 0 saturated carbocycles. The molecule has 26 heavy (non-hydrogen) atoms. The normalized spacial score (nSPS) is 21.9. The molecule has 1 aromatic heterocycles. The molecule has 6 heteroatoms. The first-order chi connectivity index (χ1) is 12.6. The number of aryl methyl sites for hydroxylation is 1. The number of imidazole rings is 1. The van der Waals surface area contributed by atoms with E-state index in [0.717, 1.165) is 57.7 Å². The van der Waals surface area contributed by atoms with Gasteiger partial charge < -0.3 is 19.5 Å². The summed E-state index contributed by atoms with van der Waals surface area (Å²) in [6.07, 6.45) is 8.99. The second-order valence-corrected chi connectivity index (χ2v) is 8.05. The van der Waals surface area contributed by atoms with Crippen LogP contribution in [0.5, 0.6) is 0 Å². The summed E-state index contributed by atoms with van der Waals surface area (Å²) in [5, 5.41) is 10.6. The highest BCUT2D eigenvalue weighted by Crippen LogP contribution is 2.30. The quantitative estimate of drug-likeness (QED) is 0.843. The zero-order chi connectivity index (χ0) is 18.5. The summed E-state index contributed by atoms with van der Waals surface area (Å²) in [6.45, 7) is 7.23. The summed E-state index contributed by atoms with van der Waals surface area (Å²) in [4.78, 5) is 21.5. The monoisotopic (exact) mass is 362 g/mol. The summed E-state index contributed by atoms with van der Waals surface area (Å²) >= 11 is 0. The van der Waals surface area contributed by atoms with Crippen molar-refractivity contribution in [2.75, 3.05) is 32.7 Å². The van der Waals surface area contributed by atoms with Gasteiger partial charge in [-0.25, -0.2) is 4.98 Å². The fourth-order valence-corrected chi connectivity index (χ4v) is 4.44. The Morgan fingerprint density at radius 3 is 2.50 bits per heavy atom. The van der Waals surface area contributed by atoms with Gasteiger partial charge in [-0.2, -0.15) is 0 Å². The second kappa shape index (κ2) is 9.00. The smallest absolute Gasteiger partial charge is 0.222 e. The number of likely N-dealkylation sites (tertiary alicyclic amines) is 2. The number of aliphatic hydroxyl groups excluding tert-OH is 1. The molecule has 0 bridgehead atoms. The molecule has 3 heterocycles. The Hall–Kier alpha value is -1.40. The molecule has 1 amide bonds. The predicted molar refractivity (Wildman–Crippen MR) is 102 cm³/mol. The minimum absolute atomic E-state index is 0.192. The molecule has 1 N–H and O–H groups in total. The van der Waals surface area contributed by atoms with Gasteiger partial charge in [0.25, 0.3) is 0 Å². The van der Waals surface area contributed by atoms with E-state index < -0.39 is 6.10 Å². The highest BCUT2D eigenvalue weighted by Gasteiger charge is 2.31.